The van der Waals surface area contributed by atoms with Crippen molar-refractivity contribution in [3.8, 4) is 11.1 Å². The molecular formula is C23H26N2O5. The number of ether oxygens (including phenoxy) is 1. The molecule has 2 aromatic carbocycles. The van der Waals surface area contributed by atoms with Crippen LogP contribution in [0.15, 0.2) is 48.5 Å². The molecule has 0 aromatic heterocycles. The molecule has 158 valence electrons. The predicted molar refractivity (Wildman–Crippen MR) is 112 cm³/mol. The number of fused-ring (bicyclic) bond motifs is 3. The molecule has 1 aliphatic rings. The summed E-state index contributed by atoms with van der Waals surface area (Å²) in [5.41, 5.74) is 4.69. The molecule has 0 saturated carbocycles. The number of rotatable bonds is 9. The first-order chi connectivity index (χ1) is 14.5. The van der Waals surface area contributed by atoms with Gasteiger partial charge in [0.25, 0.3) is 0 Å². The van der Waals surface area contributed by atoms with E-state index < -0.39 is 12.1 Å². The number of likely N-dealkylation sites (N-methyl/N-ethyl adjacent to an activating group) is 1. The summed E-state index contributed by atoms with van der Waals surface area (Å²) >= 11 is 0. The summed E-state index contributed by atoms with van der Waals surface area (Å²) in [4.78, 5) is 35.6. The number of hydrogen-bond acceptors (Lipinski definition) is 4. The van der Waals surface area contributed by atoms with Crippen molar-refractivity contribution in [3.05, 3.63) is 59.7 Å². The largest absolute Gasteiger partial charge is 0.480 e. The highest BCUT2D eigenvalue weighted by Crippen LogP contribution is 2.44. The maximum absolute atomic E-state index is 12.1. The molecule has 0 atom stereocenters. The molecule has 7 heteroatoms. The number of alkyl carbamates (subject to hydrolysis) is 1. The molecule has 2 aromatic rings. The first-order valence-electron chi connectivity index (χ1n) is 10.0. The van der Waals surface area contributed by atoms with Gasteiger partial charge in [0.05, 0.1) is 0 Å². The molecule has 0 fully saturated rings. The zero-order valence-electron chi connectivity index (χ0n) is 17.0. The average Bonchev–Trinajstić information content (AvgIpc) is 3.05. The minimum absolute atomic E-state index is 0.0190. The normalized spacial score (nSPS) is 12.0. The standard InChI is InChI=1S/C23H26N2O5/c1-25(14-22(27)28)21(26)12-6-7-13-24-23(29)30-15-20-18-10-4-2-8-16(18)17-9-3-5-11-19(17)20/h2-5,8-11,20H,6-7,12-15H2,1H3,(H,24,29)(H,27,28). The third-order valence-corrected chi connectivity index (χ3v) is 5.23. The number of carboxylic acids is 1. The fourth-order valence-electron chi connectivity index (χ4n) is 3.72. The number of carbonyl (C=O) groups is 3. The summed E-state index contributed by atoms with van der Waals surface area (Å²) in [5, 5.41) is 11.4. The van der Waals surface area contributed by atoms with Crippen LogP contribution in [0.25, 0.3) is 11.1 Å². The van der Waals surface area contributed by atoms with E-state index in [-0.39, 0.29) is 31.4 Å². The maximum atomic E-state index is 12.1. The van der Waals surface area contributed by atoms with Crippen LogP contribution in [0.1, 0.15) is 36.3 Å². The molecule has 0 bridgehead atoms. The molecule has 0 spiro atoms. The average molecular weight is 410 g/mol. The molecule has 3 rings (SSSR count). The predicted octanol–water partition coefficient (Wildman–Crippen LogP) is 3.24. The van der Waals surface area contributed by atoms with Gasteiger partial charge in [0.1, 0.15) is 13.2 Å². The lowest BCUT2D eigenvalue weighted by atomic mass is 9.98. The third kappa shape index (κ3) is 5.17. The van der Waals surface area contributed by atoms with Crippen LogP contribution in [0, 0.1) is 0 Å². The molecule has 0 unspecified atom stereocenters. The smallest absolute Gasteiger partial charge is 0.407 e. The number of hydrogen-bond donors (Lipinski definition) is 2. The van der Waals surface area contributed by atoms with E-state index in [2.05, 4.69) is 29.6 Å². The number of aliphatic carboxylic acids is 1. The Labute approximate surface area is 175 Å². The first-order valence-corrected chi connectivity index (χ1v) is 10.0. The van der Waals surface area contributed by atoms with Crippen LogP contribution in [0.4, 0.5) is 4.79 Å². The summed E-state index contributed by atoms with van der Waals surface area (Å²) in [6.45, 7) is 0.349. The maximum Gasteiger partial charge on any atom is 0.407 e. The van der Waals surface area contributed by atoms with Gasteiger partial charge in [-0.05, 0) is 35.1 Å². The van der Waals surface area contributed by atoms with Gasteiger partial charge in [-0.25, -0.2) is 4.79 Å². The van der Waals surface area contributed by atoms with Gasteiger partial charge in [-0.15, -0.1) is 0 Å². The van der Waals surface area contributed by atoms with Crippen LogP contribution in [-0.4, -0.2) is 54.7 Å². The van der Waals surface area contributed by atoms with Gasteiger partial charge in [0.15, 0.2) is 0 Å². The highest BCUT2D eigenvalue weighted by Gasteiger charge is 2.28. The zero-order chi connectivity index (χ0) is 21.5. The number of nitrogens with zero attached hydrogens (tertiary/aromatic N) is 1. The molecule has 30 heavy (non-hydrogen) atoms. The summed E-state index contributed by atoms with van der Waals surface area (Å²) < 4.78 is 5.46. The van der Waals surface area contributed by atoms with Crippen LogP contribution in [0.5, 0.6) is 0 Å². The fourth-order valence-corrected chi connectivity index (χ4v) is 3.72. The monoisotopic (exact) mass is 410 g/mol. The van der Waals surface area contributed by atoms with Crippen LogP contribution >= 0.6 is 0 Å². The lowest BCUT2D eigenvalue weighted by Crippen LogP contribution is -2.32. The summed E-state index contributed by atoms with van der Waals surface area (Å²) in [7, 11) is 1.46. The third-order valence-electron chi connectivity index (χ3n) is 5.23. The van der Waals surface area contributed by atoms with Gasteiger partial charge < -0.3 is 20.1 Å². The minimum Gasteiger partial charge on any atom is -0.480 e. The van der Waals surface area contributed by atoms with Crippen LogP contribution in [0.3, 0.4) is 0 Å². The van der Waals surface area contributed by atoms with Crippen molar-refractivity contribution in [1.29, 1.82) is 0 Å². The van der Waals surface area contributed by atoms with Crippen LogP contribution < -0.4 is 5.32 Å². The number of nitrogens with one attached hydrogen (secondary N) is 1. The van der Waals surface area contributed by atoms with Gasteiger partial charge in [0.2, 0.25) is 5.91 Å². The number of unbranched alkanes of at least 4 members (excludes halogenated alkanes) is 1. The highest BCUT2D eigenvalue weighted by atomic mass is 16.5. The van der Waals surface area contributed by atoms with Crippen molar-refractivity contribution in [2.24, 2.45) is 0 Å². The van der Waals surface area contributed by atoms with Crippen molar-refractivity contribution in [3.63, 3.8) is 0 Å². The Morgan fingerprint density at radius 1 is 1.00 bits per heavy atom. The van der Waals surface area contributed by atoms with E-state index in [1.54, 1.807) is 0 Å². The Balaban J connectivity index is 1.41. The topological polar surface area (TPSA) is 95.9 Å². The highest BCUT2D eigenvalue weighted by molar-refractivity contribution is 5.81. The SMILES string of the molecule is CN(CC(=O)O)C(=O)CCCCNC(=O)OCC1c2ccccc2-c2ccccc21. The number of benzene rings is 2. The van der Waals surface area contributed by atoms with Crippen LogP contribution in [-0.2, 0) is 14.3 Å². The van der Waals surface area contributed by atoms with Crippen LogP contribution in [0.2, 0.25) is 0 Å². The Morgan fingerprint density at radius 3 is 2.20 bits per heavy atom. The van der Waals surface area contributed by atoms with Crippen molar-refractivity contribution in [2.75, 3.05) is 26.7 Å². The Kier molecular flexibility index (Phi) is 7.06. The van der Waals surface area contributed by atoms with Gasteiger partial charge in [-0.1, -0.05) is 48.5 Å². The van der Waals surface area contributed by atoms with E-state index in [0.29, 0.717) is 19.4 Å². The second-order valence-corrected chi connectivity index (χ2v) is 7.35. The number of amides is 2. The molecule has 0 aliphatic heterocycles. The fraction of sp³-hybridized carbons (Fsp3) is 0.348. The molecule has 2 amide bonds. The van der Waals surface area contributed by atoms with E-state index in [4.69, 9.17) is 9.84 Å². The minimum atomic E-state index is -1.04. The van der Waals surface area contributed by atoms with Gasteiger partial charge in [-0.3, -0.25) is 9.59 Å². The molecule has 2 N–H and O–H groups in total. The number of carbonyl (C=O) groups excluding carboxylic acids is 2. The summed E-state index contributed by atoms with van der Waals surface area (Å²) in [6.07, 6.45) is 0.936. The Morgan fingerprint density at radius 2 is 1.60 bits per heavy atom. The second-order valence-electron chi connectivity index (χ2n) is 7.35. The molecular weight excluding hydrogens is 384 g/mol. The van der Waals surface area contributed by atoms with Crippen molar-refractivity contribution < 1.29 is 24.2 Å². The summed E-state index contributed by atoms with van der Waals surface area (Å²) in [5.74, 6) is -1.24. The Hall–Kier alpha value is -3.35. The van der Waals surface area contributed by atoms with E-state index in [0.717, 1.165) is 11.1 Å². The lowest BCUT2D eigenvalue weighted by molar-refractivity contribution is -0.143. The number of carboxylic acid groups (broad SMARTS) is 1. The zero-order valence-corrected chi connectivity index (χ0v) is 17.0. The lowest BCUT2D eigenvalue weighted by Gasteiger charge is -2.15. The Bertz CT molecular complexity index is 882. The van der Waals surface area contributed by atoms with E-state index in [1.807, 2.05) is 24.3 Å². The van der Waals surface area contributed by atoms with E-state index in [1.165, 1.54) is 23.1 Å². The molecule has 0 heterocycles. The van der Waals surface area contributed by atoms with Gasteiger partial charge >= 0.3 is 12.1 Å². The molecule has 1 aliphatic carbocycles. The quantitative estimate of drug-likeness (QED) is 0.619. The summed E-state index contributed by atoms with van der Waals surface area (Å²) in [6, 6.07) is 16.3. The molecule has 0 saturated heterocycles. The van der Waals surface area contributed by atoms with Crippen molar-refractivity contribution >= 4 is 18.0 Å². The second kappa shape index (κ2) is 9.91. The van der Waals surface area contributed by atoms with Gasteiger partial charge in [0, 0.05) is 25.9 Å². The molecule has 7 nitrogen and oxygen atoms in total. The van der Waals surface area contributed by atoms with Crippen molar-refractivity contribution in [1.82, 2.24) is 10.2 Å². The van der Waals surface area contributed by atoms with E-state index in [9.17, 15) is 14.4 Å². The van der Waals surface area contributed by atoms with E-state index >= 15 is 0 Å². The van der Waals surface area contributed by atoms with Gasteiger partial charge in [-0.2, -0.15) is 0 Å². The first kappa shape index (κ1) is 21.4. The van der Waals surface area contributed by atoms with Crippen molar-refractivity contribution in [2.45, 2.75) is 25.2 Å². The molecule has 0 radical (unpaired) electrons.